The van der Waals surface area contributed by atoms with Crippen molar-refractivity contribution in [3.8, 4) is 12.1 Å². The standard InChI is InChI=1S/C33H27FN2O2S/c1-16-10-21(6)32(22(7)11-16)39-33-27(34)25(14-35)26(15-36)30-31(33)38-29-20(5)9-18(3)13-24(29)23-12-17(2)8-19(4)28(23)37-30/h8-13H,1-7H3. The molecule has 194 valence electrons. The highest BCUT2D eigenvalue weighted by Gasteiger charge is 2.26. The molecule has 6 heteroatoms. The molecule has 4 aromatic carbocycles. The van der Waals surface area contributed by atoms with Gasteiger partial charge in [0.1, 0.15) is 34.4 Å². The summed E-state index contributed by atoms with van der Waals surface area (Å²) < 4.78 is 29.3. The molecule has 0 aliphatic rings. The maximum absolute atomic E-state index is 16.2. The SMILES string of the molecule is Cc1cc(C)c(Sc2c(F)c(C#N)c(C#N)c3oc4c(C)cc(C)cc4c4cc(C)cc(C)c4oc23)c(C)c1. The van der Waals surface area contributed by atoms with Gasteiger partial charge < -0.3 is 8.83 Å². The molecule has 0 atom stereocenters. The largest absolute Gasteiger partial charge is 0.451 e. The van der Waals surface area contributed by atoms with Gasteiger partial charge in [-0.1, -0.05) is 41.6 Å². The number of rotatable bonds is 2. The Hall–Kier alpha value is -4.26. The molecule has 0 saturated carbocycles. The molecule has 5 aromatic rings. The Morgan fingerprint density at radius 3 is 1.49 bits per heavy atom. The van der Waals surface area contributed by atoms with E-state index in [-0.39, 0.29) is 27.2 Å². The zero-order valence-corrected chi connectivity index (χ0v) is 23.8. The van der Waals surface area contributed by atoms with E-state index in [1.165, 1.54) is 11.8 Å². The van der Waals surface area contributed by atoms with Crippen molar-refractivity contribution in [2.75, 3.05) is 0 Å². The van der Waals surface area contributed by atoms with Gasteiger partial charge in [-0.25, -0.2) is 4.39 Å². The number of fused-ring (bicyclic) bond motifs is 4. The maximum Gasteiger partial charge on any atom is 0.190 e. The van der Waals surface area contributed by atoms with Crippen molar-refractivity contribution in [2.24, 2.45) is 0 Å². The normalized spacial score (nSPS) is 11.1. The molecule has 0 unspecified atom stereocenters. The van der Waals surface area contributed by atoms with Crippen molar-refractivity contribution in [2.45, 2.75) is 58.3 Å². The lowest BCUT2D eigenvalue weighted by Crippen LogP contribution is -1.98. The second-order valence-corrected chi connectivity index (χ2v) is 11.2. The molecule has 0 spiro atoms. The Morgan fingerprint density at radius 1 is 0.564 bits per heavy atom. The highest BCUT2D eigenvalue weighted by atomic mass is 32.2. The molecule has 0 radical (unpaired) electrons. The molecule has 0 fully saturated rings. The van der Waals surface area contributed by atoms with Crippen LogP contribution >= 0.6 is 11.8 Å². The van der Waals surface area contributed by atoms with Crippen LogP contribution in [-0.4, -0.2) is 0 Å². The Labute approximate surface area is 231 Å². The Balaban J connectivity index is 2.10. The van der Waals surface area contributed by atoms with Gasteiger partial charge in [0.05, 0.1) is 4.90 Å². The van der Waals surface area contributed by atoms with Gasteiger partial charge in [-0.15, -0.1) is 0 Å². The lowest BCUT2D eigenvalue weighted by molar-refractivity contribution is 0.568. The Bertz CT molecular complexity index is 1980. The summed E-state index contributed by atoms with van der Waals surface area (Å²) in [4.78, 5) is 0.962. The van der Waals surface area contributed by atoms with Crippen molar-refractivity contribution in [1.29, 1.82) is 10.5 Å². The first kappa shape index (κ1) is 26.4. The first-order valence-electron chi connectivity index (χ1n) is 12.6. The smallest absolute Gasteiger partial charge is 0.190 e. The third-order valence-electron chi connectivity index (χ3n) is 6.88. The van der Waals surface area contributed by atoms with Crippen LogP contribution < -0.4 is 0 Å². The first-order chi connectivity index (χ1) is 18.5. The predicted octanol–water partition coefficient (Wildman–Crippen LogP) is 9.65. The minimum absolute atomic E-state index is 0.0409. The molecule has 39 heavy (non-hydrogen) atoms. The van der Waals surface area contributed by atoms with Crippen LogP contribution in [0.25, 0.3) is 33.1 Å². The lowest BCUT2D eigenvalue weighted by Gasteiger charge is -2.15. The number of halogens is 1. The van der Waals surface area contributed by atoms with Crippen LogP contribution in [0.15, 0.2) is 55.0 Å². The van der Waals surface area contributed by atoms with Gasteiger partial charge in [0.25, 0.3) is 0 Å². The Kier molecular flexibility index (Phi) is 6.62. The van der Waals surface area contributed by atoms with Gasteiger partial charge in [0, 0.05) is 15.7 Å². The minimum Gasteiger partial charge on any atom is -0.451 e. The molecule has 4 nitrogen and oxygen atoms in total. The van der Waals surface area contributed by atoms with E-state index in [2.05, 4.69) is 0 Å². The van der Waals surface area contributed by atoms with E-state index < -0.39 is 5.82 Å². The molecule has 0 aliphatic heterocycles. The number of nitriles is 2. The summed E-state index contributed by atoms with van der Waals surface area (Å²) in [6.07, 6.45) is 0. The molecular weight excluding hydrogens is 507 g/mol. The zero-order valence-electron chi connectivity index (χ0n) is 23.0. The van der Waals surface area contributed by atoms with Crippen LogP contribution in [0.1, 0.15) is 50.1 Å². The van der Waals surface area contributed by atoms with Crippen LogP contribution in [0.4, 0.5) is 4.39 Å². The summed E-state index contributed by atoms with van der Waals surface area (Å²) >= 11 is 1.19. The van der Waals surface area contributed by atoms with E-state index >= 15 is 4.39 Å². The van der Waals surface area contributed by atoms with Crippen LogP contribution in [0.2, 0.25) is 0 Å². The molecule has 0 N–H and O–H groups in total. The van der Waals surface area contributed by atoms with Crippen LogP contribution in [-0.2, 0) is 0 Å². The quantitative estimate of drug-likeness (QED) is 0.225. The number of hydrogen-bond acceptors (Lipinski definition) is 5. The summed E-state index contributed by atoms with van der Waals surface area (Å²) in [5.74, 6) is -0.798. The second kappa shape index (κ2) is 9.80. The molecule has 1 heterocycles. The van der Waals surface area contributed by atoms with Gasteiger partial charge in [-0.2, -0.15) is 10.5 Å². The van der Waals surface area contributed by atoms with E-state index in [1.54, 1.807) is 0 Å². The highest BCUT2D eigenvalue weighted by molar-refractivity contribution is 7.99. The molecule has 0 bridgehead atoms. The fourth-order valence-corrected chi connectivity index (χ4v) is 6.42. The van der Waals surface area contributed by atoms with E-state index in [0.717, 1.165) is 54.6 Å². The van der Waals surface area contributed by atoms with Crippen LogP contribution in [0.3, 0.4) is 0 Å². The molecule has 0 amide bonds. The fourth-order valence-electron chi connectivity index (χ4n) is 5.36. The van der Waals surface area contributed by atoms with E-state index in [9.17, 15) is 10.5 Å². The van der Waals surface area contributed by atoms with Crippen molar-refractivity contribution in [3.63, 3.8) is 0 Å². The average molecular weight is 535 g/mol. The summed E-state index contributed by atoms with van der Waals surface area (Å²) in [6.45, 7) is 13.9. The zero-order chi connectivity index (χ0) is 28.2. The van der Waals surface area contributed by atoms with Crippen molar-refractivity contribution in [3.05, 3.63) is 92.3 Å². The summed E-state index contributed by atoms with van der Waals surface area (Å²) in [5.41, 5.74) is 7.54. The fraction of sp³-hybridized carbons (Fsp3) is 0.212. The first-order valence-corrected chi connectivity index (χ1v) is 13.4. The summed E-state index contributed by atoms with van der Waals surface area (Å²) in [7, 11) is 0. The van der Waals surface area contributed by atoms with Gasteiger partial charge in [-0.05, 0) is 94.0 Å². The minimum atomic E-state index is -0.798. The number of nitrogens with zero attached hydrogens (tertiary/aromatic N) is 2. The molecule has 0 saturated heterocycles. The van der Waals surface area contributed by atoms with Gasteiger partial charge >= 0.3 is 0 Å². The number of hydrogen-bond donors (Lipinski definition) is 0. The van der Waals surface area contributed by atoms with E-state index in [4.69, 9.17) is 8.83 Å². The van der Waals surface area contributed by atoms with Crippen molar-refractivity contribution < 1.29 is 13.2 Å². The topological polar surface area (TPSA) is 73.9 Å². The molecule has 5 rings (SSSR count). The molecule has 0 aliphatic carbocycles. The van der Waals surface area contributed by atoms with Crippen molar-refractivity contribution in [1.82, 2.24) is 0 Å². The van der Waals surface area contributed by atoms with Gasteiger partial charge in [0.2, 0.25) is 0 Å². The maximum atomic E-state index is 16.2. The highest BCUT2D eigenvalue weighted by Crippen LogP contribution is 2.43. The predicted molar refractivity (Wildman–Crippen MR) is 154 cm³/mol. The lowest BCUT2D eigenvalue weighted by atomic mass is 10.0. The monoisotopic (exact) mass is 534 g/mol. The van der Waals surface area contributed by atoms with E-state index in [0.29, 0.717) is 11.2 Å². The Morgan fingerprint density at radius 2 is 1.00 bits per heavy atom. The molecular formula is C33H27FN2O2S. The molecule has 1 aromatic heterocycles. The van der Waals surface area contributed by atoms with Gasteiger partial charge in [0.15, 0.2) is 17.0 Å². The van der Waals surface area contributed by atoms with Gasteiger partial charge in [-0.3, -0.25) is 0 Å². The van der Waals surface area contributed by atoms with Crippen molar-refractivity contribution >= 4 is 44.9 Å². The van der Waals surface area contributed by atoms with Crippen LogP contribution in [0.5, 0.6) is 0 Å². The second-order valence-electron chi connectivity index (χ2n) is 10.2. The van der Waals surface area contributed by atoms with Crippen LogP contribution in [0, 0.1) is 76.9 Å². The third-order valence-corrected chi connectivity index (χ3v) is 8.29. The summed E-state index contributed by atoms with van der Waals surface area (Å²) in [6, 6.07) is 16.0. The van der Waals surface area contributed by atoms with E-state index in [1.807, 2.05) is 97.0 Å². The number of benzene rings is 4. The average Bonchev–Trinajstić information content (AvgIpc) is 2.85. The number of aryl methyl sites for hydroxylation is 7. The third kappa shape index (κ3) is 4.42. The summed E-state index contributed by atoms with van der Waals surface area (Å²) in [5, 5.41) is 21.7.